The lowest BCUT2D eigenvalue weighted by Crippen LogP contribution is -0.856. The molecule has 0 fully saturated rings. The summed E-state index contributed by atoms with van der Waals surface area (Å²) in [5.74, 6) is 0. The zero-order valence-electron chi connectivity index (χ0n) is 68.0. The number of hydrogen-bond donors (Lipinski definition) is 0. The molecule has 0 aromatic carbocycles. The zero-order valence-corrected chi connectivity index (χ0v) is 68.0. The standard InChI is InChI=1S/34C2H6/c34*1-2/h34*1-2H3. The molecule has 68 heavy (non-hydrogen) atoms. The van der Waals surface area contributed by atoms with Crippen LogP contribution in [0.4, 0.5) is 0 Å². The van der Waals surface area contributed by atoms with Crippen molar-refractivity contribution in [3.05, 3.63) is 0 Å². The molecule has 0 unspecified atom stereocenters. The van der Waals surface area contributed by atoms with Crippen LogP contribution in [0.15, 0.2) is 0 Å². The van der Waals surface area contributed by atoms with Gasteiger partial charge in [-0.15, -0.1) is 0 Å². The fourth-order valence-corrected chi connectivity index (χ4v) is 0. The van der Waals surface area contributed by atoms with Crippen molar-refractivity contribution in [1.29, 1.82) is 0 Å². The SMILES string of the molecule is CC.CC.CC.CC.CC.CC.CC.CC.CC.CC.CC.CC.CC.CC.CC.CC.CC.CC.CC.CC.CC.CC.CC.CC.CC.CC.CC.CC.CC.CC.CC.CC.CC.CC. The van der Waals surface area contributed by atoms with Crippen LogP contribution in [-0.4, -0.2) is 0 Å². The summed E-state index contributed by atoms with van der Waals surface area (Å²) in [6.45, 7) is 136. The highest BCUT2D eigenvalue weighted by Crippen LogP contribution is 1.21. The maximum absolute atomic E-state index is 2.00. The lowest BCUT2D eigenvalue weighted by atomic mass is 11.0. The molecule has 0 rings (SSSR count). The van der Waals surface area contributed by atoms with E-state index in [0.29, 0.717) is 0 Å². The second-order valence-electron chi connectivity index (χ2n) is 0. The largest absolute Gasteiger partial charge is 0.0683 e. The van der Waals surface area contributed by atoms with E-state index in [-0.39, 0.29) is 0 Å². The Kier molecular flexibility index (Phi) is 0. The molecule has 0 aliphatic rings. The molecule has 0 saturated heterocycles. The summed E-state index contributed by atoms with van der Waals surface area (Å²) in [4.78, 5) is 0. The van der Waals surface area contributed by atoms with Gasteiger partial charge >= 0.3 is 0 Å². The summed E-state index contributed by atoms with van der Waals surface area (Å²) < 4.78 is 0. The van der Waals surface area contributed by atoms with Gasteiger partial charge in [0.15, 0.2) is 0 Å². The average Bonchev–Trinajstić information content (AvgIpc) is 3.59. The first-order valence-corrected chi connectivity index (χ1v) is 34.0. The number of hydrogen-bond acceptors (Lipinski definition) is 0. The summed E-state index contributed by atoms with van der Waals surface area (Å²) in [6, 6.07) is 0. The molecule has 0 amide bonds. The molecule has 0 aromatic heterocycles. The minimum Gasteiger partial charge on any atom is -0.0683 e. The third-order valence-electron chi connectivity index (χ3n) is 0. The first kappa shape index (κ1) is 264. The van der Waals surface area contributed by atoms with E-state index in [2.05, 4.69) is 0 Å². The maximum atomic E-state index is 2.00. The van der Waals surface area contributed by atoms with Crippen molar-refractivity contribution in [1.82, 2.24) is 0 Å². The van der Waals surface area contributed by atoms with Crippen LogP contribution < -0.4 is 0 Å². The van der Waals surface area contributed by atoms with E-state index in [4.69, 9.17) is 0 Å². The normalized spacial score (nSPS) is 3.00. The van der Waals surface area contributed by atoms with Gasteiger partial charge < -0.3 is 0 Å². The smallest absolute Gasteiger partial charge is 0.0683 e. The quantitative estimate of drug-likeness (QED) is 0.227. The highest BCUT2D eigenvalue weighted by Gasteiger charge is 0.998. The van der Waals surface area contributed by atoms with E-state index in [1.54, 1.807) is 0 Å². The molecule has 0 nitrogen and oxygen atoms in total. The fraction of sp³-hybridized carbons (Fsp3) is 1.00. The van der Waals surface area contributed by atoms with Gasteiger partial charge in [-0.05, 0) is 0 Å². The van der Waals surface area contributed by atoms with Crippen LogP contribution in [0.2, 0.25) is 0 Å². The van der Waals surface area contributed by atoms with E-state index in [9.17, 15) is 0 Å². The molecular formula is C68H204. The van der Waals surface area contributed by atoms with Crippen molar-refractivity contribution in [2.24, 2.45) is 0 Å². The molecule has 0 saturated carbocycles. The predicted molar refractivity (Wildman–Crippen MR) is 386 cm³/mol. The predicted octanol–water partition coefficient (Wildman–Crippen LogP) is 34.9. The van der Waals surface area contributed by atoms with Gasteiger partial charge in [0.1, 0.15) is 0 Å². The van der Waals surface area contributed by atoms with Gasteiger partial charge in [0.05, 0.1) is 0 Å². The van der Waals surface area contributed by atoms with Crippen LogP contribution >= 0.6 is 0 Å². The lowest BCUT2D eigenvalue weighted by Gasteiger charge is -1.07. The molecular weight excluding hydrogens is 817 g/mol. The molecule has 476 valence electrons. The van der Waals surface area contributed by atoms with Crippen molar-refractivity contribution in [2.45, 2.75) is 471 Å². The molecule has 0 atom stereocenters. The van der Waals surface area contributed by atoms with Crippen molar-refractivity contribution in [2.75, 3.05) is 0 Å². The molecule has 0 heteroatoms. The van der Waals surface area contributed by atoms with Gasteiger partial charge in [0, 0.05) is 0 Å². The molecule has 0 bridgehead atoms. The van der Waals surface area contributed by atoms with Gasteiger partial charge in [-0.2, -0.15) is 0 Å². The summed E-state index contributed by atoms with van der Waals surface area (Å²) in [5, 5.41) is 0. The van der Waals surface area contributed by atoms with Gasteiger partial charge in [-0.1, -0.05) is 471 Å². The van der Waals surface area contributed by atoms with Crippen LogP contribution in [0, 0.1) is 0 Å². The van der Waals surface area contributed by atoms with E-state index < -0.39 is 0 Å². The monoisotopic (exact) mass is 1020 g/mol. The van der Waals surface area contributed by atoms with Crippen LogP contribution in [0.25, 0.3) is 0 Å². The van der Waals surface area contributed by atoms with E-state index in [1.807, 2.05) is 471 Å². The van der Waals surface area contributed by atoms with E-state index >= 15 is 0 Å². The molecule has 0 N–H and O–H groups in total. The van der Waals surface area contributed by atoms with Crippen molar-refractivity contribution >= 4 is 0 Å². The Labute approximate surface area is 468 Å². The van der Waals surface area contributed by atoms with Crippen LogP contribution in [0.3, 0.4) is 0 Å². The van der Waals surface area contributed by atoms with Gasteiger partial charge in [0.25, 0.3) is 0 Å². The van der Waals surface area contributed by atoms with E-state index in [1.165, 1.54) is 0 Å². The Morgan fingerprint density at radius 2 is 0.0294 bits per heavy atom. The molecule has 0 aliphatic carbocycles. The topological polar surface area (TPSA) is 0 Å². The number of rotatable bonds is 0. The first-order chi connectivity index (χ1) is 34.0. The van der Waals surface area contributed by atoms with E-state index in [0.717, 1.165) is 0 Å². The van der Waals surface area contributed by atoms with Crippen molar-refractivity contribution < 1.29 is 0 Å². The Bertz CT molecular complexity index is 0. The maximum Gasteiger partial charge on any atom is -0.0683 e. The molecule has 0 aliphatic heterocycles. The van der Waals surface area contributed by atoms with Crippen LogP contribution in [0.1, 0.15) is 471 Å². The Morgan fingerprint density at radius 3 is 0.0294 bits per heavy atom. The third kappa shape index (κ3) is 0. The molecule has 0 aromatic rings. The van der Waals surface area contributed by atoms with Gasteiger partial charge in [-0.25, -0.2) is 0 Å². The average molecular weight is 1020 g/mol. The summed E-state index contributed by atoms with van der Waals surface area (Å²) in [5.41, 5.74) is 0. The first-order valence-electron chi connectivity index (χ1n) is 34.0. The minimum atomic E-state index is 2.00. The Balaban J connectivity index is -0.00000000547. The minimum absolute atomic E-state index is 2.00. The van der Waals surface area contributed by atoms with Gasteiger partial charge in [-0.3, -0.25) is 0 Å². The van der Waals surface area contributed by atoms with Crippen LogP contribution in [0.5, 0.6) is 0 Å². The summed E-state index contributed by atoms with van der Waals surface area (Å²) in [7, 11) is 0. The third-order valence-corrected chi connectivity index (χ3v) is 0. The summed E-state index contributed by atoms with van der Waals surface area (Å²) >= 11 is 0. The van der Waals surface area contributed by atoms with Crippen LogP contribution in [-0.2, 0) is 0 Å². The Hall–Kier alpha value is 0. The van der Waals surface area contributed by atoms with Crippen molar-refractivity contribution in [3.8, 4) is 0 Å². The zero-order chi connectivity index (χ0) is 68.0. The molecule has 0 radical (unpaired) electrons. The fourth-order valence-electron chi connectivity index (χ4n) is 0. The van der Waals surface area contributed by atoms with Crippen molar-refractivity contribution in [3.63, 3.8) is 0 Å². The highest BCUT2D eigenvalue weighted by molar-refractivity contribution is 3.57. The highest BCUT2D eigenvalue weighted by atomic mass is 13.1. The second-order valence-corrected chi connectivity index (χ2v) is 0. The molecule has 0 spiro atoms. The molecule has 0 heterocycles. The lowest BCUT2D eigenvalue weighted by molar-refractivity contribution is 1.50. The Morgan fingerprint density at radius 1 is 0.0294 bits per heavy atom. The van der Waals surface area contributed by atoms with Gasteiger partial charge in [0.2, 0.25) is 0 Å². The second kappa shape index (κ2) is 0. The summed E-state index contributed by atoms with van der Waals surface area (Å²) in [6.07, 6.45) is 0.